The van der Waals surface area contributed by atoms with Crippen LogP contribution >= 0.6 is 672 Å². The van der Waals surface area contributed by atoms with Crippen LogP contribution in [0.4, 0.5) is 0 Å². The lowest BCUT2D eigenvalue weighted by molar-refractivity contribution is 3.40. The predicted molar refractivity (Wildman–Crippen MR) is 750 cm³/mol. The minimum atomic E-state index is -0.591. The molecule has 0 radical (unpaired) electrons. The molecule has 91 heteroatoms. The highest BCUT2D eigenvalue weighted by Gasteiger charge is 2.71. The zero-order valence-electron chi connectivity index (χ0n) is 47.8. The first-order valence-electron chi connectivity index (χ1n) is 22.2. The highest BCUT2D eigenvalue weighted by Crippen LogP contribution is 3.27. The van der Waals surface area contributed by atoms with Gasteiger partial charge < -0.3 is 0 Å². The van der Waals surface area contributed by atoms with E-state index in [-0.39, 0.29) is 0 Å². The van der Waals surface area contributed by atoms with Crippen molar-refractivity contribution >= 4 is 721 Å². The molecule has 0 saturated heterocycles. The third-order valence-corrected chi connectivity index (χ3v) is 387. The fourth-order valence-corrected chi connectivity index (χ4v) is 653. The van der Waals surface area contributed by atoms with E-state index in [1.807, 2.05) is 0 Å². The molecule has 0 aliphatic carbocycles. The molecule has 0 nitrogen and oxygen atoms in total. The minimum absolute atomic E-state index is 0.432. The van der Waals surface area contributed by atoms with Gasteiger partial charge in [0.2, 0.25) is 0 Å². The number of hydrogen-bond donors (Lipinski definition) is 0. The van der Waals surface area contributed by atoms with Crippen LogP contribution in [0.3, 0.4) is 0 Å². The monoisotopic (exact) mass is 2750 g/mol. The molecular formula is H93B8P83. The predicted octanol–water partition coefficient (Wildman–Crippen LogP) is 43.5. The second kappa shape index (κ2) is 69.1. The molecule has 0 saturated carbocycles. The Morgan fingerprint density at radius 2 is 0.264 bits per heavy atom. The van der Waals surface area contributed by atoms with Crippen LogP contribution in [0.25, 0.3) is 0 Å². The first-order valence-corrected chi connectivity index (χ1v) is 166. The summed E-state index contributed by atoms with van der Waals surface area (Å²) in [6.07, 6.45) is 1.59. The first-order chi connectivity index (χ1) is 41.4. The molecule has 0 aromatic rings. The summed E-state index contributed by atoms with van der Waals surface area (Å²) in [6, 6.07) is 3.07. The molecule has 49 atom stereocenters. The van der Waals surface area contributed by atoms with Crippen LogP contribution in [0.5, 0.6) is 0 Å². The van der Waals surface area contributed by atoms with Gasteiger partial charge in [0.05, 0.1) is 12.8 Å². The van der Waals surface area contributed by atoms with Gasteiger partial charge in [-0.05, 0) is 182 Å². The summed E-state index contributed by atoms with van der Waals surface area (Å²) < 4.78 is 0. The van der Waals surface area contributed by atoms with Crippen molar-refractivity contribution in [1.29, 1.82) is 0 Å². The average molecular weight is 2750 g/mol. The van der Waals surface area contributed by atoms with Crippen LogP contribution in [0.1, 0.15) is 0 Å². The maximum atomic E-state index is 3.94. The number of rotatable bonds is 44. The Bertz CT molecular complexity index is 1500. The van der Waals surface area contributed by atoms with Crippen LogP contribution in [-0.4, -0.2) is 49.4 Å². The maximum Gasteiger partial charge on any atom is 0.177 e. The van der Waals surface area contributed by atoms with Crippen LogP contribution in [0.2, 0.25) is 0 Å². The van der Waals surface area contributed by atoms with Gasteiger partial charge >= 0.3 is 0 Å². The third kappa shape index (κ3) is 44.1. The van der Waals surface area contributed by atoms with E-state index in [0.717, 1.165) is 7.96 Å². The topological polar surface area (TPSA) is 0 Å². The van der Waals surface area contributed by atoms with Crippen LogP contribution in [0, 0.1) is 0 Å². The molecule has 0 fully saturated rings. The van der Waals surface area contributed by atoms with Crippen molar-refractivity contribution in [2.24, 2.45) is 0 Å². The molecular weight excluding hydrogens is 2660 g/mol. The smallest absolute Gasteiger partial charge is 0.109 e. The van der Waals surface area contributed by atoms with Crippen LogP contribution in [-0.2, 0) is 0 Å². The molecule has 0 aromatic heterocycles. The molecule has 0 aliphatic heterocycles. The van der Waals surface area contributed by atoms with Gasteiger partial charge in [-0.15, -0.1) is 411 Å². The van der Waals surface area contributed by atoms with Gasteiger partial charge in [-0.1, -0.05) is 79.7 Å². The molecule has 0 amide bonds. The van der Waals surface area contributed by atoms with Gasteiger partial charge in [-0.25, -0.2) is 0 Å². The quantitative estimate of drug-likeness (QED) is 0.0421. The van der Waals surface area contributed by atoms with Crippen LogP contribution < -0.4 is 0 Å². The molecule has 532 valence electrons. The van der Waals surface area contributed by atoms with E-state index in [2.05, 4.69) is 411 Å². The minimum Gasteiger partial charge on any atom is -0.109 e. The van der Waals surface area contributed by atoms with Gasteiger partial charge in [0.1, 0.15) is 0 Å². The van der Waals surface area contributed by atoms with Crippen molar-refractivity contribution in [3.8, 4) is 0 Å². The Hall–Kier alpha value is 36.2. The van der Waals surface area contributed by atoms with Crippen LogP contribution in [0.15, 0.2) is 0 Å². The van der Waals surface area contributed by atoms with Gasteiger partial charge in [-0.3, -0.25) is 0 Å². The normalized spacial score (nSPS) is 14.6. The Morgan fingerprint density at radius 1 is 0.143 bits per heavy atom. The first kappa shape index (κ1) is 127. The summed E-state index contributed by atoms with van der Waals surface area (Å²) in [5.41, 5.74) is 0. The summed E-state index contributed by atoms with van der Waals surface area (Å²) in [5, 5.41) is 0. The zero-order valence-corrected chi connectivity index (χ0v) is 134. The molecule has 0 aromatic carbocycles. The molecule has 0 heterocycles. The average Bonchev–Trinajstić information content (AvgIpc) is 3.33. The summed E-state index contributed by atoms with van der Waals surface area (Å²) >= 11 is 0. The standard InChI is InChI=1S/B8H93P83/c9-55-88(54)64(89(82(42)43)83(44)45)4(65(90(84(46)47)85(48)49)91(86(50)51)87(52)53)1(2(5(56(66(10)11)67(12)13)57(68(14)15)69(16)17)6(58(70(18)19)71(20)21)59(72(22)23)73(24)25)3(7(60(74(26)27)75(28)29)61(76(30)31)77(32)33)8(62(78(34)35)79(36)37)63(80(38)39)81(40)41/h55H,9-54H2. The Balaban J connectivity index is 13.8. The summed E-state index contributed by atoms with van der Waals surface area (Å²) in [6.45, 7) is -12.2. The van der Waals surface area contributed by atoms with E-state index in [9.17, 15) is 0 Å². The SMILES string of the molecule is PPP(P)P(B(B(B(B(P(P(P)P)P(P)P)P(P(P)P)P(P)P)B(P(P(P)P)P(P)P)P(P(P)P)P(P)P)B(B(P(P(P)P)P(P)P)P(P(P)P)P(P)P)B(P(P(P)P)P(P)P)P(P(P)P)P(P)P)P(P(P(P)P)P(P)P)P(P(P)P)P(P)P)P(P(P)P)P(P)P. The molecule has 0 rings (SSSR count). The second-order valence-electron chi connectivity index (χ2n) is 16.6. The van der Waals surface area contributed by atoms with E-state index in [1.54, 1.807) is 0 Å². The van der Waals surface area contributed by atoms with E-state index in [1.165, 1.54) is 0 Å². The van der Waals surface area contributed by atoms with E-state index in [0.29, 0.717) is 49.4 Å². The lowest BCUT2D eigenvalue weighted by Gasteiger charge is -2.60. The molecule has 0 aliphatic rings. The summed E-state index contributed by atoms with van der Waals surface area (Å²) in [4.78, 5) is 0. The lowest BCUT2D eigenvalue weighted by atomic mass is 8.65. The fourth-order valence-electron chi connectivity index (χ4n) is 8.55. The molecule has 49 unspecified atom stereocenters. The van der Waals surface area contributed by atoms with Gasteiger partial charge in [0.25, 0.3) is 0 Å². The maximum absolute atomic E-state index is 3.94. The van der Waals surface area contributed by atoms with Gasteiger partial charge in [0, 0.05) is 6.39 Å². The molecule has 91 heavy (non-hydrogen) atoms. The van der Waals surface area contributed by atoms with Crippen molar-refractivity contribution in [3.05, 3.63) is 0 Å². The van der Waals surface area contributed by atoms with Gasteiger partial charge in [-0.2, -0.15) is 0 Å². The highest BCUT2D eigenvalue weighted by atomic mass is 33.3. The van der Waals surface area contributed by atoms with E-state index in [4.69, 9.17) is 0 Å². The Morgan fingerprint density at radius 3 is 0.374 bits per heavy atom. The molecule has 0 spiro atoms. The zero-order chi connectivity index (χ0) is 72.1. The molecule has 0 bridgehead atoms. The second-order valence-corrected chi connectivity index (χ2v) is 317. The van der Waals surface area contributed by atoms with E-state index < -0.39 is 253 Å². The van der Waals surface area contributed by atoms with Crippen molar-refractivity contribution < 1.29 is 0 Å². The molecule has 0 N–H and O–H groups in total. The van der Waals surface area contributed by atoms with Crippen molar-refractivity contribution in [2.45, 2.75) is 0 Å². The Kier molecular flexibility index (Phi) is 96.6. The van der Waals surface area contributed by atoms with Crippen molar-refractivity contribution in [2.75, 3.05) is 0 Å². The van der Waals surface area contributed by atoms with Gasteiger partial charge in [0.15, 0.2) is 30.2 Å². The largest absolute Gasteiger partial charge is 0.177 e. The Labute approximate surface area is 710 Å². The number of hydrogen-bond acceptors (Lipinski definition) is 0. The summed E-state index contributed by atoms with van der Waals surface area (Å²) in [5.74, 6) is 0. The lowest BCUT2D eigenvalue weighted by Crippen LogP contribution is -2.73. The highest BCUT2D eigenvalue weighted by molar-refractivity contribution is 9.33. The van der Waals surface area contributed by atoms with Crippen molar-refractivity contribution in [1.82, 2.24) is 0 Å². The fraction of sp³-hybridized carbons (Fsp3) is 0. The van der Waals surface area contributed by atoms with E-state index >= 15 is 0 Å². The van der Waals surface area contributed by atoms with Crippen molar-refractivity contribution in [3.63, 3.8) is 0 Å². The summed E-state index contributed by atoms with van der Waals surface area (Å²) in [7, 11) is 166. The third-order valence-electron chi connectivity index (χ3n) is 10.9.